The molecule has 1 aliphatic heterocycles. The predicted molar refractivity (Wildman–Crippen MR) is 116 cm³/mol. The fraction of sp³-hybridized carbons (Fsp3) is 0.238. The SMILES string of the molecule is CN1CCN(c2cc3nc(-c4cccs4)c(-c4cccs4)nc3cc2F)CC1. The topological polar surface area (TPSA) is 32.3 Å². The summed E-state index contributed by atoms with van der Waals surface area (Å²) < 4.78 is 14.9. The molecular weight excluding hydrogens is 391 g/mol. The van der Waals surface area contributed by atoms with Gasteiger partial charge in [-0.3, -0.25) is 0 Å². The molecule has 1 aromatic carbocycles. The molecule has 0 bridgehead atoms. The Morgan fingerprint density at radius 1 is 0.857 bits per heavy atom. The lowest BCUT2D eigenvalue weighted by atomic mass is 10.1. The Kier molecular flexibility index (Phi) is 4.58. The standard InChI is InChI=1S/C21H19FN4S2/c1-25-6-8-26(9-7-25)17-13-16-15(12-14(17)22)23-20(18-4-2-10-27-18)21(24-16)19-5-3-11-28-19/h2-5,10-13H,6-9H2,1H3. The molecule has 1 aliphatic rings. The van der Waals surface area contributed by atoms with Gasteiger partial charge >= 0.3 is 0 Å². The highest BCUT2D eigenvalue weighted by Gasteiger charge is 2.20. The van der Waals surface area contributed by atoms with Crippen molar-refractivity contribution in [2.75, 3.05) is 38.1 Å². The highest BCUT2D eigenvalue weighted by molar-refractivity contribution is 7.14. The molecule has 28 heavy (non-hydrogen) atoms. The lowest BCUT2D eigenvalue weighted by Gasteiger charge is -2.34. The van der Waals surface area contributed by atoms with Gasteiger partial charge in [-0.25, -0.2) is 14.4 Å². The van der Waals surface area contributed by atoms with Gasteiger partial charge in [-0.2, -0.15) is 0 Å². The van der Waals surface area contributed by atoms with Crippen molar-refractivity contribution < 1.29 is 4.39 Å². The van der Waals surface area contributed by atoms with Crippen LogP contribution < -0.4 is 4.90 Å². The van der Waals surface area contributed by atoms with E-state index in [1.165, 1.54) is 6.07 Å². The van der Waals surface area contributed by atoms with Crippen molar-refractivity contribution in [3.05, 3.63) is 53.0 Å². The zero-order valence-electron chi connectivity index (χ0n) is 15.4. The van der Waals surface area contributed by atoms with Crippen LogP contribution >= 0.6 is 22.7 Å². The number of likely N-dealkylation sites (N-methyl/N-ethyl adjacent to an activating group) is 1. The third kappa shape index (κ3) is 3.19. The number of hydrogen-bond donors (Lipinski definition) is 0. The summed E-state index contributed by atoms with van der Waals surface area (Å²) in [7, 11) is 2.10. The smallest absolute Gasteiger partial charge is 0.148 e. The van der Waals surface area contributed by atoms with E-state index in [-0.39, 0.29) is 5.82 Å². The first kappa shape index (κ1) is 17.7. The molecule has 7 heteroatoms. The first-order chi connectivity index (χ1) is 13.7. The maximum absolute atomic E-state index is 14.9. The van der Waals surface area contributed by atoms with E-state index in [9.17, 15) is 4.39 Å². The molecule has 4 nitrogen and oxygen atoms in total. The fourth-order valence-corrected chi connectivity index (χ4v) is 4.96. The molecule has 3 aromatic heterocycles. The summed E-state index contributed by atoms with van der Waals surface area (Å²) in [6.45, 7) is 3.50. The zero-order valence-corrected chi connectivity index (χ0v) is 17.1. The van der Waals surface area contributed by atoms with Gasteiger partial charge in [-0.1, -0.05) is 12.1 Å². The van der Waals surface area contributed by atoms with E-state index in [1.54, 1.807) is 22.7 Å². The molecule has 0 spiro atoms. The quantitative estimate of drug-likeness (QED) is 0.477. The monoisotopic (exact) mass is 410 g/mol. The van der Waals surface area contributed by atoms with Gasteiger partial charge in [0, 0.05) is 32.2 Å². The lowest BCUT2D eigenvalue weighted by molar-refractivity contribution is 0.312. The molecule has 0 saturated carbocycles. The summed E-state index contributed by atoms with van der Waals surface area (Å²) in [6, 6.07) is 11.5. The lowest BCUT2D eigenvalue weighted by Crippen LogP contribution is -2.44. The number of rotatable bonds is 3. The van der Waals surface area contributed by atoms with Crippen LogP contribution in [0.25, 0.3) is 32.2 Å². The first-order valence-electron chi connectivity index (χ1n) is 9.21. The number of anilines is 1. The maximum atomic E-state index is 14.9. The third-order valence-corrected chi connectivity index (χ3v) is 6.84. The Bertz CT molecular complexity index is 1100. The summed E-state index contributed by atoms with van der Waals surface area (Å²) in [5.74, 6) is -0.229. The maximum Gasteiger partial charge on any atom is 0.148 e. The molecule has 4 aromatic rings. The molecule has 142 valence electrons. The van der Waals surface area contributed by atoms with Crippen molar-refractivity contribution in [2.24, 2.45) is 0 Å². The summed E-state index contributed by atoms with van der Waals surface area (Å²) in [5, 5.41) is 4.07. The first-order valence-corrected chi connectivity index (χ1v) is 11.0. The number of nitrogens with zero attached hydrogens (tertiary/aromatic N) is 4. The normalized spacial score (nSPS) is 15.4. The predicted octanol–water partition coefficient (Wildman–Crippen LogP) is 4.98. The number of hydrogen-bond acceptors (Lipinski definition) is 6. The Hall–Kier alpha value is -2.35. The second kappa shape index (κ2) is 7.24. The number of benzene rings is 1. The van der Waals surface area contributed by atoms with Crippen LogP contribution in [0.3, 0.4) is 0 Å². The van der Waals surface area contributed by atoms with Gasteiger partial charge in [0.05, 0.1) is 26.5 Å². The van der Waals surface area contributed by atoms with E-state index in [0.29, 0.717) is 11.2 Å². The van der Waals surface area contributed by atoms with E-state index < -0.39 is 0 Å². The van der Waals surface area contributed by atoms with Crippen molar-refractivity contribution in [2.45, 2.75) is 0 Å². The van der Waals surface area contributed by atoms with E-state index in [0.717, 1.165) is 52.8 Å². The number of halogens is 1. The number of aromatic nitrogens is 2. The molecule has 0 radical (unpaired) electrons. The fourth-order valence-electron chi connectivity index (χ4n) is 3.53. The van der Waals surface area contributed by atoms with Crippen LogP contribution in [0.2, 0.25) is 0 Å². The van der Waals surface area contributed by atoms with Crippen LogP contribution in [0.15, 0.2) is 47.2 Å². The van der Waals surface area contributed by atoms with Gasteiger partial charge in [-0.05, 0) is 36.0 Å². The van der Waals surface area contributed by atoms with E-state index in [2.05, 4.69) is 22.9 Å². The van der Waals surface area contributed by atoms with Gasteiger partial charge in [0.15, 0.2) is 0 Å². The van der Waals surface area contributed by atoms with Crippen LogP contribution in [0, 0.1) is 5.82 Å². The van der Waals surface area contributed by atoms with Crippen molar-refractivity contribution in [3.63, 3.8) is 0 Å². The molecule has 0 unspecified atom stereocenters. The third-order valence-electron chi connectivity index (χ3n) is 5.09. The highest BCUT2D eigenvalue weighted by atomic mass is 32.1. The molecule has 0 amide bonds. The zero-order chi connectivity index (χ0) is 19.1. The van der Waals surface area contributed by atoms with E-state index in [4.69, 9.17) is 9.97 Å². The van der Waals surface area contributed by atoms with Crippen LogP contribution in [-0.2, 0) is 0 Å². The molecule has 0 aliphatic carbocycles. The molecule has 0 N–H and O–H groups in total. The number of piperazine rings is 1. The minimum absolute atomic E-state index is 0.229. The number of fused-ring (bicyclic) bond motifs is 1. The second-order valence-electron chi connectivity index (χ2n) is 6.96. The molecular formula is C21H19FN4S2. The van der Waals surface area contributed by atoms with Gasteiger partial charge in [-0.15, -0.1) is 22.7 Å². The summed E-state index contributed by atoms with van der Waals surface area (Å²) >= 11 is 3.27. The Labute approximate surface area is 170 Å². The van der Waals surface area contributed by atoms with E-state index in [1.807, 2.05) is 35.0 Å². The molecule has 1 saturated heterocycles. The van der Waals surface area contributed by atoms with Gasteiger partial charge < -0.3 is 9.80 Å². The van der Waals surface area contributed by atoms with Crippen LogP contribution in [-0.4, -0.2) is 48.1 Å². The minimum atomic E-state index is -0.229. The summed E-state index contributed by atoms with van der Waals surface area (Å²) in [5.41, 5.74) is 3.63. The summed E-state index contributed by atoms with van der Waals surface area (Å²) in [6.07, 6.45) is 0. The average molecular weight is 411 g/mol. The highest BCUT2D eigenvalue weighted by Crippen LogP contribution is 2.36. The van der Waals surface area contributed by atoms with Crippen LogP contribution in [0.4, 0.5) is 10.1 Å². The average Bonchev–Trinajstić information content (AvgIpc) is 3.41. The van der Waals surface area contributed by atoms with Crippen molar-refractivity contribution in [1.82, 2.24) is 14.9 Å². The summed E-state index contributed by atoms with van der Waals surface area (Å²) in [4.78, 5) is 16.2. The van der Waals surface area contributed by atoms with Crippen LogP contribution in [0.1, 0.15) is 0 Å². The second-order valence-corrected chi connectivity index (χ2v) is 8.85. The minimum Gasteiger partial charge on any atom is -0.367 e. The van der Waals surface area contributed by atoms with Crippen molar-refractivity contribution in [1.29, 1.82) is 0 Å². The Morgan fingerprint density at radius 3 is 1.96 bits per heavy atom. The van der Waals surface area contributed by atoms with Gasteiger partial charge in [0.25, 0.3) is 0 Å². The van der Waals surface area contributed by atoms with E-state index >= 15 is 0 Å². The Balaban J connectivity index is 1.66. The van der Waals surface area contributed by atoms with Crippen LogP contribution in [0.5, 0.6) is 0 Å². The molecule has 5 rings (SSSR count). The van der Waals surface area contributed by atoms with Gasteiger partial charge in [0.2, 0.25) is 0 Å². The molecule has 1 fully saturated rings. The Morgan fingerprint density at radius 2 is 1.43 bits per heavy atom. The molecule has 0 atom stereocenters. The van der Waals surface area contributed by atoms with Gasteiger partial charge in [0.1, 0.15) is 17.2 Å². The van der Waals surface area contributed by atoms with Crippen molar-refractivity contribution >= 4 is 39.4 Å². The number of thiophene rings is 2. The largest absolute Gasteiger partial charge is 0.367 e. The molecule has 4 heterocycles. The van der Waals surface area contributed by atoms with Crippen molar-refractivity contribution in [3.8, 4) is 21.1 Å².